The van der Waals surface area contributed by atoms with Crippen molar-refractivity contribution in [3.8, 4) is 5.75 Å². The highest BCUT2D eigenvalue weighted by Crippen LogP contribution is 2.28. The number of benzene rings is 1. The van der Waals surface area contributed by atoms with E-state index in [1.54, 1.807) is 21.0 Å². The van der Waals surface area contributed by atoms with E-state index in [1.165, 1.54) is 18.2 Å². The van der Waals surface area contributed by atoms with Crippen LogP contribution in [0.25, 0.3) is 0 Å². The smallest absolute Gasteiger partial charge is 0.322 e. The fraction of sp³-hybridized carbons (Fsp3) is 0.562. The van der Waals surface area contributed by atoms with Gasteiger partial charge < -0.3 is 14.6 Å². The fourth-order valence-corrected chi connectivity index (χ4v) is 3.78. The molecule has 7 nitrogen and oxygen atoms in total. The Balaban J connectivity index is 3.10. The number of ether oxygens (including phenoxy) is 2. The molecule has 0 amide bonds. The molecule has 0 aliphatic rings. The molecule has 0 fully saturated rings. The number of sulfonamides is 1. The van der Waals surface area contributed by atoms with Crippen molar-refractivity contribution in [1.82, 2.24) is 4.72 Å². The highest BCUT2D eigenvalue weighted by molar-refractivity contribution is 7.89. The van der Waals surface area contributed by atoms with E-state index in [0.29, 0.717) is 19.4 Å². The average Bonchev–Trinajstić information content (AvgIpc) is 2.56. The lowest BCUT2D eigenvalue weighted by molar-refractivity contribution is -0.140. The first kappa shape index (κ1) is 21.7. The van der Waals surface area contributed by atoms with Gasteiger partial charge in [-0.15, -0.1) is 0 Å². The lowest BCUT2D eigenvalue weighted by atomic mass is 10.0. The third kappa shape index (κ3) is 6.47. The quantitative estimate of drug-likeness (QED) is 0.560. The summed E-state index contributed by atoms with van der Waals surface area (Å²) in [6.45, 7) is 4.19. The molecular formula is C16H24ClNO6S. The molecule has 0 radical (unpaired) electrons. The first-order chi connectivity index (χ1) is 11.7. The minimum absolute atomic E-state index is 0.112. The summed E-state index contributed by atoms with van der Waals surface area (Å²) < 4.78 is 38.0. The Bertz CT molecular complexity index is 679. The van der Waals surface area contributed by atoms with Crippen molar-refractivity contribution >= 4 is 27.6 Å². The van der Waals surface area contributed by atoms with Crippen LogP contribution in [0, 0.1) is 5.92 Å². The largest absolute Gasteiger partial charge is 0.492 e. The molecule has 25 heavy (non-hydrogen) atoms. The summed E-state index contributed by atoms with van der Waals surface area (Å²) in [5, 5.41) is 9.52. The Labute approximate surface area is 153 Å². The van der Waals surface area contributed by atoms with E-state index in [1.807, 2.05) is 0 Å². The molecule has 0 saturated carbocycles. The standard InChI is InChI=1S/C16H24ClNO6S/c1-4-11(2)15(16(19)20)18-25(21,22)14-10-12(17)6-7-13(14)24-9-5-8-23-3/h6-7,10-11,15,18H,4-5,8-9H2,1-3H3,(H,19,20)/t11-,15-/m0/s1. The molecule has 0 unspecified atom stereocenters. The minimum atomic E-state index is -4.13. The predicted octanol–water partition coefficient (Wildman–Crippen LogP) is 2.53. The molecule has 1 rings (SSSR count). The summed E-state index contributed by atoms with van der Waals surface area (Å²) in [7, 11) is -2.57. The average molecular weight is 394 g/mol. The van der Waals surface area contributed by atoms with Crippen LogP contribution >= 0.6 is 11.6 Å². The number of carboxylic acid groups (broad SMARTS) is 1. The molecule has 0 aliphatic carbocycles. The maximum Gasteiger partial charge on any atom is 0.322 e. The van der Waals surface area contributed by atoms with Crippen LogP contribution in [0.3, 0.4) is 0 Å². The van der Waals surface area contributed by atoms with E-state index in [9.17, 15) is 18.3 Å². The van der Waals surface area contributed by atoms with Crippen LogP contribution in [-0.2, 0) is 19.6 Å². The van der Waals surface area contributed by atoms with Gasteiger partial charge in [0.1, 0.15) is 16.7 Å². The van der Waals surface area contributed by atoms with Crippen LogP contribution in [0.5, 0.6) is 5.75 Å². The monoisotopic (exact) mass is 393 g/mol. The summed E-state index contributed by atoms with van der Waals surface area (Å²) in [5.41, 5.74) is 0. The molecular weight excluding hydrogens is 370 g/mol. The molecule has 0 bridgehead atoms. The van der Waals surface area contributed by atoms with Gasteiger partial charge in [-0.2, -0.15) is 4.72 Å². The Hall–Kier alpha value is -1.35. The van der Waals surface area contributed by atoms with E-state index in [4.69, 9.17) is 21.1 Å². The van der Waals surface area contributed by atoms with Gasteiger partial charge in [0.2, 0.25) is 10.0 Å². The summed E-state index contributed by atoms with van der Waals surface area (Å²) in [5.74, 6) is -1.50. The number of carboxylic acids is 1. The highest BCUT2D eigenvalue weighted by Gasteiger charge is 2.31. The van der Waals surface area contributed by atoms with E-state index >= 15 is 0 Å². The number of halogens is 1. The molecule has 142 valence electrons. The lowest BCUT2D eigenvalue weighted by Gasteiger charge is -2.21. The number of aliphatic carboxylic acids is 1. The van der Waals surface area contributed by atoms with Crippen LogP contribution in [0.15, 0.2) is 23.1 Å². The van der Waals surface area contributed by atoms with Gasteiger partial charge in [-0.3, -0.25) is 4.79 Å². The van der Waals surface area contributed by atoms with Crippen LogP contribution in [0.2, 0.25) is 5.02 Å². The molecule has 0 aromatic heterocycles. The third-order valence-corrected chi connectivity index (χ3v) is 5.40. The molecule has 0 heterocycles. The maximum absolute atomic E-state index is 12.7. The topological polar surface area (TPSA) is 102 Å². The lowest BCUT2D eigenvalue weighted by Crippen LogP contribution is -2.45. The third-order valence-electron chi connectivity index (χ3n) is 3.71. The number of rotatable bonds is 11. The second-order valence-corrected chi connectivity index (χ2v) is 7.73. The van der Waals surface area contributed by atoms with Crippen molar-refractivity contribution in [1.29, 1.82) is 0 Å². The Morgan fingerprint density at radius 2 is 2.04 bits per heavy atom. The number of hydrogen-bond acceptors (Lipinski definition) is 5. The zero-order chi connectivity index (χ0) is 19.0. The van der Waals surface area contributed by atoms with Gasteiger partial charge in [0.25, 0.3) is 0 Å². The molecule has 2 N–H and O–H groups in total. The van der Waals surface area contributed by atoms with Gasteiger partial charge in [-0.05, 0) is 24.1 Å². The van der Waals surface area contributed by atoms with E-state index in [2.05, 4.69) is 4.72 Å². The Kier molecular flexibility index (Phi) is 8.64. The first-order valence-corrected chi connectivity index (χ1v) is 9.75. The molecule has 1 aromatic rings. The van der Waals surface area contributed by atoms with Crippen molar-refractivity contribution in [3.05, 3.63) is 23.2 Å². The molecule has 2 atom stereocenters. The Morgan fingerprint density at radius 1 is 1.36 bits per heavy atom. The van der Waals surface area contributed by atoms with Gasteiger partial charge >= 0.3 is 5.97 Å². The summed E-state index contributed by atoms with van der Waals surface area (Å²) in [4.78, 5) is 11.2. The van der Waals surface area contributed by atoms with Gasteiger partial charge in [-0.25, -0.2) is 8.42 Å². The van der Waals surface area contributed by atoms with Gasteiger partial charge in [0.05, 0.1) is 6.61 Å². The number of methoxy groups -OCH3 is 1. The fourth-order valence-electron chi connectivity index (χ4n) is 2.07. The second-order valence-electron chi connectivity index (χ2n) is 5.61. The van der Waals surface area contributed by atoms with Gasteiger partial charge in [0.15, 0.2) is 0 Å². The molecule has 0 saturated heterocycles. The SMILES string of the molecule is CC[C@H](C)[C@H](NS(=O)(=O)c1cc(Cl)ccc1OCCCOC)C(=O)O. The van der Waals surface area contributed by atoms with E-state index in [-0.39, 0.29) is 28.2 Å². The van der Waals surface area contributed by atoms with Crippen molar-refractivity contribution in [2.75, 3.05) is 20.3 Å². The summed E-state index contributed by atoms with van der Waals surface area (Å²) >= 11 is 5.91. The van der Waals surface area contributed by atoms with Gasteiger partial charge in [0, 0.05) is 25.2 Å². The van der Waals surface area contributed by atoms with E-state index < -0.39 is 22.0 Å². The van der Waals surface area contributed by atoms with Crippen molar-refractivity contribution < 1.29 is 27.8 Å². The van der Waals surface area contributed by atoms with Crippen LogP contribution in [0.4, 0.5) is 0 Å². The second kappa shape index (κ2) is 9.96. The summed E-state index contributed by atoms with van der Waals surface area (Å²) in [6.07, 6.45) is 1.09. The number of hydrogen-bond donors (Lipinski definition) is 2. The maximum atomic E-state index is 12.7. The van der Waals surface area contributed by atoms with Crippen molar-refractivity contribution in [2.45, 2.75) is 37.6 Å². The zero-order valence-electron chi connectivity index (χ0n) is 14.5. The predicted molar refractivity (Wildman–Crippen MR) is 94.6 cm³/mol. The number of nitrogens with one attached hydrogen (secondary N) is 1. The molecule has 0 aliphatic heterocycles. The number of carbonyl (C=O) groups is 1. The van der Waals surface area contributed by atoms with Crippen molar-refractivity contribution in [3.63, 3.8) is 0 Å². The zero-order valence-corrected chi connectivity index (χ0v) is 16.1. The first-order valence-electron chi connectivity index (χ1n) is 7.89. The summed E-state index contributed by atoms with van der Waals surface area (Å²) in [6, 6.07) is 2.96. The van der Waals surface area contributed by atoms with Crippen LogP contribution < -0.4 is 9.46 Å². The molecule has 0 spiro atoms. The van der Waals surface area contributed by atoms with Crippen molar-refractivity contribution in [2.24, 2.45) is 5.92 Å². The van der Waals surface area contributed by atoms with E-state index in [0.717, 1.165) is 0 Å². The normalized spacial score (nSPS) is 14.1. The molecule has 9 heteroatoms. The van der Waals surface area contributed by atoms with Crippen LogP contribution in [0.1, 0.15) is 26.7 Å². The highest BCUT2D eigenvalue weighted by atomic mass is 35.5. The minimum Gasteiger partial charge on any atom is -0.492 e. The van der Waals surface area contributed by atoms with Gasteiger partial charge in [-0.1, -0.05) is 31.9 Å². The Morgan fingerprint density at radius 3 is 2.60 bits per heavy atom. The molecule has 1 aromatic carbocycles. The van der Waals surface area contributed by atoms with Crippen LogP contribution in [-0.4, -0.2) is 45.9 Å².